The number of benzene rings is 1. The van der Waals surface area contributed by atoms with E-state index in [1.54, 1.807) is 18.2 Å². The summed E-state index contributed by atoms with van der Waals surface area (Å²) in [6.45, 7) is 0.755. The number of amides is 1. The number of hydrogen-bond donors (Lipinski definition) is 5. The van der Waals surface area contributed by atoms with Gasteiger partial charge >= 0.3 is 0 Å². The first kappa shape index (κ1) is 19.4. The van der Waals surface area contributed by atoms with Crippen molar-refractivity contribution in [1.29, 1.82) is 0 Å². The average Bonchev–Trinajstić information content (AvgIpc) is 3.01. The summed E-state index contributed by atoms with van der Waals surface area (Å²) in [5, 5.41) is 33.4. The van der Waals surface area contributed by atoms with Crippen molar-refractivity contribution in [2.75, 3.05) is 6.61 Å². The van der Waals surface area contributed by atoms with E-state index in [0.29, 0.717) is 16.3 Å². The van der Waals surface area contributed by atoms with Crippen LogP contribution < -0.4 is 10.1 Å². The predicted octanol–water partition coefficient (Wildman–Crippen LogP) is 0.906. The number of rotatable bonds is 4. The quantitative estimate of drug-likeness (QED) is 0.473. The Balaban J connectivity index is 1.89. The molecule has 1 saturated heterocycles. The van der Waals surface area contributed by atoms with Crippen LogP contribution in [-0.2, 0) is 9.53 Å². The van der Waals surface area contributed by atoms with Crippen molar-refractivity contribution in [2.45, 2.75) is 37.6 Å². The van der Waals surface area contributed by atoms with Gasteiger partial charge in [0, 0.05) is 28.4 Å². The lowest BCUT2D eigenvalue weighted by atomic mass is 9.97. The SMILES string of the molecule is CC(=O)N[C@@H]1[C@@H](Oc2cc3c(Cl)c(Br)ccc3[nH]2)OC(CO)[C@H](O)[C@@H]1O. The molecule has 26 heavy (non-hydrogen) atoms. The summed E-state index contributed by atoms with van der Waals surface area (Å²) >= 11 is 9.60. The van der Waals surface area contributed by atoms with Gasteiger partial charge in [0.1, 0.15) is 24.4 Å². The lowest BCUT2D eigenvalue weighted by Gasteiger charge is -2.41. The summed E-state index contributed by atoms with van der Waals surface area (Å²) < 4.78 is 12.0. The number of halogens is 2. The van der Waals surface area contributed by atoms with Crippen LogP contribution in [0.2, 0.25) is 5.02 Å². The monoisotopic (exact) mass is 448 g/mol. The van der Waals surface area contributed by atoms with E-state index in [1.165, 1.54) is 6.92 Å². The number of aliphatic hydroxyl groups excluding tert-OH is 3. The smallest absolute Gasteiger partial charge is 0.225 e. The number of hydrogen-bond acceptors (Lipinski definition) is 6. The molecule has 1 unspecified atom stereocenters. The Hall–Kier alpha value is -1.36. The van der Waals surface area contributed by atoms with Gasteiger partial charge < -0.3 is 35.1 Å². The molecule has 1 aliphatic heterocycles. The summed E-state index contributed by atoms with van der Waals surface area (Å²) in [6, 6.07) is 4.21. The maximum atomic E-state index is 11.4. The number of carbonyl (C=O) groups excluding carboxylic acids is 1. The molecule has 10 heteroatoms. The molecule has 0 spiro atoms. The molecule has 1 aliphatic rings. The van der Waals surface area contributed by atoms with Crippen molar-refractivity contribution in [1.82, 2.24) is 10.3 Å². The fraction of sp³-hybridized carbons (Fsp3) is 0.438. The molecule has 0 radical (unpaired) electrons. The minimum Gasteiger partial charge on any atom is -0.447 e. The number of fused-ring (bicyclic) bond motifs is 1. The Morgan fingerprint density at radius 3 is 2.81 bits per heavy atom. The van der Waals surface area contributed by atoms with Crippen LogP contribution in [0.15, 0.2) is 22.7 Å². The molecule has 1 aromatic carbocycles. The minimum atomic E-state index is -1.38. The molecule has 1 aromatic heterocycles. The average molecular weight is 450 g/mol. The number of aromatic nitrogens is 1. The lowest BCUT2D eigenvalue weighted by molar-refractivity contribution is -0.245. The Morgan fingerprint density at radius 2 is 2.15 bits per heavy atom. The van der Waals surface area contributed by atoms with Crippen LogP contribution in [0.3, 0.4) is 0 Å². The zero-order valence-corrected chi connectivity index (χ0v) is 16.0. The Kier molecular flexibility index (Phi) is 5.75. The van der Waals surface area contributed by atoms with Crippen molar-refractivity contribution in [3.8, 4) is 5.88 Å². The van der Waals surface area contributed by atoms with Gasteiger partial charge in [-0.15, -0.1) is 0 Å². The topological polar surface area (TPSA) is 124 Å². The molecular weight excluding hydrogens is 432 g/mol. The maximum Gasteiger partial charge on any atom is 0.225 e. The minimum absolute atomic E-state index is 0.292. The summed E-state index contributed by atoms with van der Waals surface area (Å²) in [5.74, 6) is -0.134. The molecule has 3 rings (SSSR count). The number of nitrogens with one attached hydrogen (secondary N) is 2. The van der Waals surface area contributed by atoms with Gasteiger partial charge in [-0.1, -0.05) is 11.6 Å². The van der Waals surface area contributed by atoms with Crippen LogP contribution in [0, 0.1) is 0 Å². The van der Waals surface area contributed by atoms with E-state index in [4.69, 9.17) is 21.1 Å². The second kappa shape index (κ2) is 7.71. The second-order valence-corrected chi connectivity index (χ2v) is 7.24. The first-order chi connectivity index (χ1) is 12.3. The molecule has 1 amide bonds. The molecule has 5 atom stereocenters. The van der Waals surface area contributed by atoms with Gasteiger partial charge in [-0.05, 0) is 28.1 Å². The van der Waals surface area contributed by atoms with Gasteiger partial charge in [0.25, 0.3) is 0 Å². The van der Waals surface area contributed by atoms with Crippen LogP contribution in [0.1, 0.15) is 6.92 Å². The van der Waals surface area contributed by atoms with Crippen molar-refractivity contribution in [2.24, 2.45) is 0 Å². The van der Waals surface area contributed by atoms with Gasteiger partial charge in [-0.25, -0.2) is 0 Å². The second-order valence-electron chi connectivity index (χ2n) is 6.01. The highest BCUT2D eigenvalue weighted by Crippen LogP contribution is 2.34. The molecule has 2 heterocycles. The fourth-order valence-corrected chi connectivity index (χ4v) is 3.44. The van der Waals surface area contributed by atoms with Gasteiger partial charge in [-0.2, -0.15) is 0 Å². The van der Waals surface area contributed by atoms with E-state index in [1.807, 2.05) is 0 Å². The Labute approximate surface area is 162 Å². The van der Waals surface area contributed by atoms with Crippen molar-refractivity contribution >= 4 is 44.3 Å². The van der Waals surface area contributed by atoms with E-state index in [0.717, 1.165) is 9.99 Å². The Bertz CT molecular complexity index is 815. The molecule has 5 N–H and O–H groups in total. The highest BCUT2D eigenvalue weighted by Gasteiger charge is 2.46. The zero-order chi connectivity index (χ0) is 19.0. The van der Waals surface area contributed by atoms with Crippen LogP contribution in [0.5, 0.6) is 5.88 Å². The van der Waals surface area contributed by atoms with Crippen LogP contribution in [0.4, 0.5) is 0 Å². The summed E-state index contributed by atoms with van der Waals surface area (Å²) in [7, 11) is 0. The van der Waals surface area contributed by atoms with E-state index in [2.05, 4.69) is 26.2 Å². The largest absolute Gasteiger partial charge is 0.447 e. The zero-order valence-electron chi connectivity index (χ0n) is 13.6. The number of aliphatic hydroxyl groups is 3. The van der Waals surface area contributed by atoms with Gasteiger partial charge in [0.05, 0.1) is 11.6 Å². The van der Waals surface area contributed by atoms with E-state index in [-0.39, 0.29) is 0 Å². The normalized spacial score (nSPS) is 28.9. The molecule has 0 aliphatic carbocycles. The number of carbonyl (C=O) groups is 1. The molecule has 0 saturated carbocycles. The molecule has 2 aromatic rings. The maximum absolute atomic E-state index is 11.4. The summed E-state index contributed by atoms with van der Waals surface area (Å²) in [4.78, 5) is 14.5. The van der Waals surface area contributed by atoms with E-state index < -0.39 is 43.2 Å². The van der Waals surface area contributed by atoms with Crippen molar-refractivity contribution in [3.63, 3.8) is 0 Å². The third-order valence-electron chi connectivity index (χ3n) is 4.16. The molecular formula is C16H18BrClN2O6. The number of aromatic amines is 1. The first-order valence-corrected chi connectivity index (χ1v) is 9.02. The Morgan fingerprint density at radius 1 is 1.42 bits per heavy atom. The predicted molar refractivity (Wildman–Crippen MR) is 97.0 cm³/mol. The number of H-pyrrole nitrogens is 1. The van der Waals surface area contributed by atoms with Gasteiger partial charge in [0.15, 0.2) is 5.88 Å². The van der Waals surface area contributed by atoms with Crippen LogP contribution >= 0.6 is 27.5 Å². The highest BCUT2D eigenvalue weighted by atomic mass is 79.9. The molecule has 0 bridgehead atoms. The third kappa shape index (κ3) is 3.68. The third-order valence-corrected chi connectivity index (χ3v) is 5.46. The molecule has 8 nitrogen and oxygen atoms in total. The summed E-state index contributed by atoms with van der Waals surface area (Å²) in [6.07, 6.45) is -4.94. The van der Waals surface area contributed by atoms with E-state index >= 15 is 0 Å². The van der Waals surface area contributed by atoms with Crippen LogP contribution in [-0.4, -0.2) is 63.5 Å². The van der Waals surface area contributed by atoms with Crippen molar-refractivity contribution < 1.29 is 29.6 Å². The van der Waals surface area contributed by atoms with Gasteiger partial charge in [0.2, 0.25) is 12.2 Å². The first-order valence-electron chi connectivity index (χ1n) is 7.84. The van der Waals surface area contributed by atoms with Gasteiger partial charge in [-0.3, -0.25) is 4.79 Å². The lowest BCUT2D eigenvalue weighted by Crippen LogP contribution is -2.65. The number of ether oxygens (including phenoxy) is 2. The highest BCUT2D eigenvalue weighted by molar-refractivity contribution is 9.10. The summed E-state index contributed by atoms with van der Waals surface area (Å²) in [5.41, 5.74) is 0.722. The molecule has 1 fully saturated rings. The standard InChI is InChI=1S/C16H18BrClN2O6/c1-6(22)19-13-15(24)14(23)10(5-21)25-16(13)26-11-4-7-9(20-11)3-2-8(17)12(7)18/h2-4,10,13-16,20-21,23-24H,5H2,1H3,(H,19,22)/t10?,13-,14-,15+,16+/m0/s1. The van der Waals surface area contributed by atoms with E-state index in [9.17, 15) is 20.1 Å². The van der Waals surface area contributed by atoms with Crippen LogP contribution in [0.25, 0.3) is 10.9 Å². The molecule has 142 valence electrons. The fourth-order valence-electron chi connectivity index (χ4n) is 2.88. The van der Waals surface area contributed by atoms with Crippen molar-refractivity contribution in [3.05, 3.63) is 27.7 Å².